The van der Waals surface area contributed by atoms with E-state index in [0.717, 1.165) is 17.4 Å². The lowest BCUT2D eigenvalue weighted by Crippen LogP contribution is -2.27. The van der Waals surface area contributed by atoms with E-state index in [-0.39, 0.29) is 11.6 Å². The Balaban J connectivity index is 2.11. The molecule has 0 atom stereocenters. The maximum Gasteiger partial charge on any atom is 0.190 e. The Labute approximate surface area is 134 Å². The van der Waals surface area contributed by atoms with Crippen LogP contribution in [0.4, 0.5) is 0 Å². The van der Waals surface area contributed by atoms with Crippen molar-refractivity contribution in [3.8, 4) is 0 Å². The SMILES string of the molecule is CCN(CC)C(=S)SCC1=CC(=O)c2ccccc2C1=O. The lowest BCUT2D eigenvalue weighted by molar-refractivity contribution is 0.0985. The van der Waals surface area contributed by atoms with Crippen LogP contribution in [0.15, 0.2) is 35.9 Å². The standard InChI is InChI=1S/C16H17NO2S2/c1-3-17(4-2)16(20)21-10-11-9-14(18)12-7-5-6-8-13(12)15(11)19/h5-9H,3-4,10H2,1-2H3. The summed E-state index contributed by atoms with van der Waals surface area (Å²) in [6.45, 7) is 5.77. The van der Waals surface area contributed by atoms with Gasteiger partial charge in [-0.3, -0.25) is 9.59 Å². The molecule has 0 saturated heterocycles. The summed E-state index contributed by atoms with van der Waals surface area (Å²) in [5.41, 5.74) is 1.51. The fourth-order valence-electron chi connectivity index (χ4n) is 2.19. The smallest absolute Gasteiger partial charge is 0.190 e. The number of nitrogens with zero attached hydrogens (tertiary/aromatic N) is 1. The van der Waals surface area contributed by atoms with Crippen LogP contribution < -0.4 is 0 Å². The number of thiocarbonyl (C=S) groups is 1. The molecule has 0 saturated carbocycles. The molecule has 0 unspecified atom stereocenters. The number of ketones is 2. The number of thioether (sulfide) groups is 1. The van der Waals surface area contributed by atoms with E-state index in [2.05, 4.69) is 4.90 Å². The molecule has 0 aliphatic heterocycles. The van der Waals surface area contributed by atoms with Crippen LogP contribution in [0.25, 0.3) is 0 Å². The summed E-state index contributed by atoms with van der Waals surface area (Å²) in [7, 11) is 0. The molecule has 2 rings (SSSR count). The predicted molar refractivity (Wildman–Crippen MR) is 91.2 cm³/mol. The van der Waals surface area contributed by atoms with Crippen LogP contribution in [-0.2, 0) is 0 Å². The van der Waals surface area contributed by atoms with E-state index < -0.39 is 0 Å². The Hall–Kier alpha value is -1.46. The number of allylic oxidation sites excluding steroid dienone is 1. The van der Waals surface area contributed by atoms with Gasteiger partial charge in [-0.15, -0.1) is 0 Å². The van der Waals surface area contributed by atoms with Crippen molar-refractivity contribution < 1.29 is 9.59 Å². The van der Waals surface area contributed by atoms with Gasteiger partial charge in [-0.25, -0.2) is 0 Å². The van der Waals surface area contributed by atoms with Crippen molar-refractivity contribution in [2.24, 2.45) is 0 Å². The largest absolute Gasteiger partial charge is 0.358 e. The minimum Gasteiger partial charge on any atom is -0.358 e. The summed E-state index contributed by atoms with van der Waals surface area (Å²) in [6, 6.07) is 6.94. The van der Waals surface area contributed by atoms with Crippen LogP contribution in [0, 0.1) is 0 Å². The minimum absolute atomic E-state index is 0.0694. The number of carbonyl (C=O) groups excluding carboxylic acids is 2. The molecule has 0 N–H and O–H groups in total. The number of benzene rings is 1. The summed E-state index contributed by atoms with van der Waals surface area (Å²) in [6.07, 6.45) is 1.45. The molecule has 110 valence electrons. The lowest BCUT2D eigenvalue weighted by atomic mass is 9.90. The van der Waals surface area contributed by atoms with Gasteiger partial charge in [0.05, 0.1) is 0 Å². The third kappa shape index (κ3) is 3.41. The van der Waals surface area contributed by atoms with Gasteiger partial charge in [-0.1, -0.05) is 48.2 Å². The topological polar surface area (TPSA) is 37.4 Å². The lowest BCUT2D eigenvalue weighted by Gasteiger charge is -2.21. The average molecular weight is 319 g/mol. The van der Waals surface area contributed by atoms with Gasteiger partial charge in [0.1, 0.15) is 4.32 Å². The zero-order chi connectivity index (χ0) is 15.4. The van der Waals surface area contributed by atoms with E-state index in [9.17, 15) is 9.59 Å². The fraction of sp³-hybridized carbons (Fsp3) is 0.312. The molecular weight excluding hydrogens is 302 g/mol. The van der Waals surface area contributed by atoms with Gasteiger partial charge in [-0.2, -0.15) is 0 Å². The normalized spacial score (nSPS) is 13.7. The fourth-order valence-corrected chi connectivity index (χ4v) is 3.56. The van der Waals surface area contributed by atoms with Crippen molar-refractivity contribution in [3.05, 3.63) is 47.0 Å². The van der Waals surface area contributed by atoms with Gasteiger partial charge < -0.3 is 4.90 Å². The zero-order valence-corrected chi connectivity index (χ0v) is 13.7. The van der Waals surface area contributed by atoms with Gasteiger partial charge in [0.2, 0.25) is 0 Å². The highest BCUT2D eigenvalue weighted by molar-refractivity contribution is 8.23. The molecule has 0 spiro atoms. The average Bonchev–Trinajstić information content (AvgIpc) is 2.50. The highest BCUT2D eigenvalue weighted by atomic mass is 32.2. The van der Waals surface area contributed by atoms with E-state index in [1.54, 1.807) is 24.3 Å². The predicted octanol–water partition coefficient (Wildman–Crippen LogP) is 3.35. The van der Waals surface area contributed by atoms with Crippen molar-refractivity contribution in [2.45, 2.75) is 13.8 Å². The molecule has 0 bridgehead atoms. The van der Waals surface area contributed by atoms with Crippen molar-refractivity contribution in [1.29, 1.82) is 0 Å². The third-order valence-electron chi connectivity index (χ3n) is 3.41. The molecule has 1 aliphatic carbocycles. The number of Topliss-reactive ketones (excluding diaryl/α,β-unsaturated/α-hetero) is 1. The first-order chi connectivity index (χ1) is 10.1. The van der Waals surface area contributed by atoms with E-state index >= 15 is 0 Å². The first kappa shape index (κ1) is 15.9. The maximum absolute atomic E-state index is 12.4. The van der Waals surface area contributed by atoms with Crippen LogP contribution in [-0.4, -0.2) is 39.6 Å². The number of fused-ring (bicyclic) bond motifs is 1. The van der Waals surface area contributed by atoms with Crippen LogP contribution in [0.5, 0.6) is 0 Å². The summed E-state index contributed by atoms with van der Waals surface area (Å²) in [5.74, 6) is 0.267. The Morgan fingerprint density at radius 2 is 1.76 bits per heavy atom. The Morgan fingerprint density at radius 1 is 1.14 bits per heavy atom. The molecular formula is C16H17NO2S2. The molecule has 1 aromatic rings. The van der Waals surface area contributed by atoms with E-state index in [4.69, 9.17) is 12.2 Å². The monoisotopic (exact) mass is 319 g/mol. The number of hydrogen-bond donors (Lipinski definition) is 0. The first-order valence-electron chi connectivity index (χ1n) is 6.88. The van der Waals surface area contributed by atoms with Gasteiger partial charge in [0.25, 0.3) is 0 Å². The van der Waals surface area contributed by atoms with Gasteiger partial charge in [0.15, 0.2) is 11.6 Å². The highest BCUT2D eigenvalue weighted by Gasteiger charge is 2.25. The molecule has 0 radical (unpaired) electrons. The number of hydrogen-bond acceptors (Lipinski definition) is 4. The molecule has 3 nitrogen and oxygen atoms in total. The summed E-state index contributed by atoms with van der Waals surface area (Å²) >= 11 is 6.79. The van der Waals surface area contributed by atoms with E-state index in [1.165, 1.54) is 17.8 Å². The molecule has 0 aromatic heterocycles. The molecule has 21 heavy (non-hydrogen) atoms. The second-order valence-electron chi connectivity index (χ2n) is 4.64. The van der Waals surface area contributed by atoms with E-state index in [0.29, 0.717) is 22.5 Å². The van der Waals surface area contributed by atoms with Crippen LogP contribution in [0.3, 0.4) is 0 Å². The molecule has 0 fully saturated rings. The molecule has 0 heterocycles. The zero-order valence-electron chi connectivity index (χ0n) is 12.1. The van der Waals surface area contributed by atoms with Crippen LogP contribution in [0.1, 0.15) is 34.6 Å². The van der Waals surface area contributed by atoms with Crippen molar-refractivity contribution in [3.63, 3.8) is 0 Å². The highest BCUT2D eigenvalue weighted by Crippen LogP contribution is 2.24. The van der Waals surface area contributed by atoms with Crippen molar-refractivity contribution in [2.75, 3.05) is 18.8 Å². The Morgan fingerprint density at radius 3 is 2.38 bits per heavy atom. The summed E-state index contributed by atoms with van der Waals surface area (Å²) in [4.78, 5) is 26.5. The molecule has 1 aromatic carbocycles. The van der Waals surface area contributed by atoms with Crippen LogP contribution in [0.2, 0.25) is 0 Å². The third-order valence-corrected chi connectivity index (χ3v) is 4.98. The Kier molecular flexibility index (Phi) is 5.31. The second kappa shape index (κ2) is 7.00. The van der Waals surface area contributed by atoms with Crippen LogP contribution >= 0.6 is 24.0 Å². The molecule has 5 heteroatoms. The van der Waals surface area contributed by atoms with E-state index in [1.807, 2.05) is 13.8 Å². The van der Waals surface area contributed by atoms with Gasteiger partial charge in [-0.05, 0) is 19.9 Å². The second-order valence-corrected chi connectivity index (χ2v) is 6.24. The number of carbonyl (C=O) groups is 2. The van der Waals surface area contributed by atoms with Crippen molar-refractivity contribution >= 4 is 39.9 Å². The van der Waals surface area contributed by atoms with Gasteiger partial charge in [0, 0.05) is 35.5 Å². The number of rotatable bonds is 4. The summed E-state index contributed by atoms with van der Waals surface area (Å²) in [5, 5.41) is 0. The maximum atomic E-state index is 12.4. The summed E-state index contributed by atoms with van der Waals surface area (Å²) < 4.78 is 0.764. The first-order valence-corrected chi connectivity index (χ1v) is 8.28. The molecule has 1 aliphatic rings. The van der Waals surface area contributed by atoms with Gasteiger partial charge >= 0.3 is 0 Å². The van der Waals surface area contributed by atoms with Crippen molar-refractivity contribution in [1.82, 2.24) is 4.90 Å². The minimum atomic E-state index is -0.102. The molecule has 0 amide bonds. The quantitative estimate of drug-likeness (QED) is 0.796. The Bertz CT molecular complexity index is 618.